The van der Waals surface area contributed by atoms with Gasteiger partial charge in [-0.2, -0.15) is 0 Å². The molecule has 4 rings (SSSR count). The van der Waals surface area contributed by atoms with Crippen LogP contribution in [0, 0.1) is 5.82 Å². The zero-order valence-corrected chi connectivity index (χ0v) is 12.9. The van der Waals surface area contributed by atoms with Gasteiger partial charge in [-0.3, -0.25) is 4.79 Å². The van der Waals surface area contributed by atoms with E-state index in [2.05, 4.69) is 23.7 Å². The minimum absolute atomic E-state index is 0.108. The van der Waals surface area contributed by atoms with Crippen molar-refractivity contribution in [3.8, 4) is 0 Å². The maximum atomic E-state index is 13.4. The SMILES string of the molecule is Cn1c2c(c3ccccc31)CN(C(=O)c1cccc(F)c1)CC2. The van der Waals surface area contributed by atoms with Gasteiger partial charge in [-0.25, -0.2) is 4.39 Å². The van der Waals surface area contributed by atoms with Crippen LogP contribution in [-0.4, -0.2) is 21.9 Å². The van der Waals surface area contributed by atoms with Crippen LogP contribution in [0.2, 0.25) is 0 Å². The number of nitrogens with zero attached hydrogens (tertiary/aromatic N) is 2. The number of aryl methyl sites for hydroxylation is 1. The number of benzene rings is 2. The van der Waals surface area contributed by atoms with E-state index < -0.39 is 0 Å². The van der Waals surface area contributed by atoms with E-state index in [1.54, 1.807) is 12.1 Å². The first-order valence-corrected chi connectivity index (χ1v) is 7.75. The molecule has 4 heteroatoms. The van der Waals surface area contributed by atoms with Gasteiger partial charge in [-0.15, -0.1) is 0 Å². The summed E-state index contributed by atoms with van der Waals surface area (Å²) >= 11 is 0. The topological polar surface area (TPSA) is 25.2 Å². The van der Waals surface area contributed by atoms with Crippen LogP contribution in [0.1, 0.15) is 21.6 Å². The third-order valence-electron chi connectivity index (χ3n) is 4.67. The largest absolute Gasteiger partial charge is 0.347 e. The maximum Gasteiger partial charge on any atom is 0.254 e. The van der Waals surface area contributed by atoms with Crippen LogP contribution >= 0.6 is 0 Å². The Labute approximate surface area is 133 Å². The molecule has 0 bridgehead atoms. The lowest BCUT2D eigenvalue weighted by Crippen LogP contribution is -2.36. The van der Waals surface area contributed by atoms with Crippen LogP contribution in [0.5, 0.6) is 0 Å². The van der Waals surface area contributed by atoms with Crippen LogP contribution in [0.15, 0.2) is 48.5 Å². The number of carbonyl (C=O) groups excluding carboxylic acids is 1. The lowest BCUT2D eigenvalue weighted by atomic mass is 10.0. The number of halogens is 1. The van der Waals surface area contributed by atoms with Crippen molar-refractivity contribution < 1.29 is 9.18 Å². The summed E-state index contributed by atoms with van der Waals surface area (Å²) in [5.74, 6) is -0.484. The zero-order chi connectivity index (χ0) is 16.0. The summed E-state index contributed by atoms with van der Waals surface area (Å²) in [6.45, 7) is 1.23. The zero-order valence-electron chi connectivity index (χ0n) is 12.9. The van der Waals surface area contributed by atoms with Crippen molar-refractivity contribution in [2.45, 2.75) is 13.0 Å². The lowest BCUT2D eigenvalue weighted by Gasteiger charge is -2.28. The van der Waals surface area contributed by atoms with Crippen molar-refractivity contribution in [3.05, 3.63) is 71.2 Å². The normalized spacial score (nSPS) is 14.1. The number of carbonyl (C=O) groups is 1. The Morgan fingerprint density at radius 2 is 1.96 bits per heavy atom. The third kappa shape index (κ3) is 2.22. The Morgan fingerprint density at radius 3 is 2.78 bits per heavy atom. The fourth-order valence-corrected chi connectivity index (χ4v) is 3.51. The molecule has 0 unspecified atom stereocenters. The van der Waals surface area contributed by atoms with Crippen molar-refractivity contribution >= 4 is 16.8 Å². The molecule has 0 spiro atoms. The lowest BCUT2D eigenvalue weighted by molar-refractivity contribution is 0.0733. The Kier molecular flexibility index (Phi) is 3.18. The molecule has 1 amide bonds. The molecule has 23 heavy (non-hydrogen) atoms. The van der Waals surface area contributed by atoms with Gasteiger partial charge in [0.05, 0.1) is 0 Å². The summed E-state index contributed by atoms with van der Waals surface area (Å²) in [7, 11) is 2.07. The number of hydrogen-bond acceptors (Lipinski definition) is 1. The Balaban J connectivity index is 1.71. The molecule has 2 aromatic carbocycles. The van der Waals surface area contributed by atoms with Crippen molar-refractivity contribution in [1.29, 1.82) is 0 Å². The average Bonchev–Trinajstić information content (AvgIpc) is 2.87. The van der Waals surface area contributed by atoms with E-state index in [9.17, 15) is 9.18 Å². The van der Waals surface area contributed by atoms with Crippen molar-refractivity contribution in [1.82, 2.24) is 9.47 Å². The van der Waals surface area contributed by atoms with E-state index in [4.69, 9.17) is 0 Å². The van der Waals surface area contributed by atoms with Gasteiger partial charge in [-0.1, -0.05) is 24.3 Å². The monoisotopic (exact) mass is 308 g/mol. The maximum absolute atomic E-state index is 13.4. The number of rotatable bonds is 1. The van der Waals surface area contributed by atoms with Crippen LogP contribution in [-0.2, 0) is 20.0 Å². The molecule has 0 atom stereocenters. The van der Waals surface area contributed by atoms with E-state index >= 15 is 0 Å². The second kappa shape index (κ2) is 5.23. The molecule has 1 aliphatic heterocycles. The number of hydrogen-bond donors (Lipinski definition) is 0. The summed E-state index contributed by atoms with van der Waals surface area (Å²) in [6.07, 6.45) is 0.821. The van der Waals surface area contributed by atoms with Gasteiger partial charge in [0.1, 0.15) is 5.82 Å². The van der Waals surface area contributed by atoms with Gasteiger partial charge < -0.3 is 9.47 Å². The van der Waals surface area contributed by atoms with Crippen molar-refractivity contribution in [2.24, 2.45) is 7.05 Å². The predicted molar refractivity (Wildman–Crippen MR) is 87.8 cm³/mol. The Morgan fingerprint density at radius 1 is 1.13 bits per heavy atom. The summed E-state index contributed by atoms with van der Waals surface area (Å²) in [6, 6.07) is 14.2. The molecular formula is C19H17FN2O. The first-order valence-electron chi connectivity index (χ1n) is 7.75. The van der Waals surface area contributed by atoms with Crippen LogP contribution in [0.4, 0.5) is 4.39 Å². The highest BCUT2D eigenvalue weighted by molar-refractivity contribution is 5.95. The number of aromatic nitrogens is 1. The molecule has 3 aromatic rings. The molecule has 1 aliphatic rings. The van der Waals surface area contributed by atoms with Crippen LogP contribution in [0.3, 0.4) is 0 Å². The number of amides is 1. The summed E-state index contributed by atoms with van der Waals surface area (Å²) < 4.78 is 15.6. The molecule has 0 saturated heterocycles. The number of para-hydroxylation sites is 1. The third-order valence-corrected chi connectivity index (χ3v) is 4.67. The van der Waals surface area contributed by atoms with Gasteiger partial charge in [0.15, 0.2) is 0 Å². The van der Waals surface area contributed by atoms with E-state index in [1.807, 2.05) is 17.0 Å². The van der Waals surface area contributed by atoms with Gasteiger partial charge in [0.2, 0.25) is 0 Å². The smallest absolute Gasteiger partial charge is 0.254 e. The molecule has 116 valence electrons. The standard InChI is InChI=1S/C19H17FN2O/c1-21-17-8-3-2-7-15(17)16-12-22(10-9-18(16)21)19(23)13-5-4-6-14(20)11-13/h2-8,11H,9-10,12H2,1H3. The highest BCUT2D eigenvalue weighted by atomic mass is 19.1. The molecule has 1 aromatic heterocycles. The Bertz CT molecular complexity index is 913. The molecule has 0 N–H and O–H groups in total. The fourth-order valence-electron chi connectivity index (χ4n) is 3.51. The van der Waals surface area contributed by atoms with E-state index in [1.165, 1.54) is 34.3 Å². The second-order valence-corrected chi connectivity index (χ2v) is 5.99. The summed E-state index contributed by atoms with van der Waals surface area (Å²) in [5, 5.41) is 1.20. The van der Waals surface area contributed by atoms with Crippen LogP contribution < -0.4 is 0 Å². The van der Waals surface area contributed by atoms with Crippen molar-refractivity contribution in [2.75, 3.05) is 6.54 Å². The molecule has 0 radical (unpaired) electrons. The second-order valence-electron chi connectivity index (χ2n) is 5.99. The average molecular weight is 308 g/mol. The quantitative estimate of drug-likeness (QED) is 0.675. The molecule has 0 saturated carbocycles. The molecule has 0 fully saturated rings. The first-order chi connectivity index (χ1) is 11.1. The predicted octanol–water partition coefficient (Wildman–Crippen LogP) is 3.52. The molecular weight excluding hydrogens is 291 g/mol. The Hall–Kier alpha value is -2.62. The van der Waals surface area contributed by atoms with Crippen LogP contribution in [0.25, 0.3) is 10.9 Å². The van der Waals surface area contributed by atoms with Crippen molar-refractivity contribution in [3.63, 3.8) is 0 Å². The highest BCUT2D eigenvalue weighted by Crippen LogP contribution is 2.30. The van der Waals surface area contributed by atoms with Gasteiger partial charge in [-0.05, 0) is 24.3 Å². The van der Waals surface area contributed by atoms with E-state index in [0.29, 0.717) is 18.7 Å². The fraction of sp³-hybridized carbons (Fsp3) is 0.211. The minimum atomic E-state index is -0.376. The minimum Gasteiger partial charge on any atom is -0.347 e. The molecule has 0 aliphatic carbocycles. The van der Waals surface area contributed by atoms with E-state index in [0.717, 1.165) is 6.42 Å². The number of fused-ring (bicyclic) bond motifs is 3. The van der Waals surface area contributed by atoms with Gasteiger partial charge in [0.25, 0.3) is 5.91 Å². The summed E-state index contributed by atoms with van der Waals surface area (Å²) in [5.41, 5.74) is 4.10. The molecule has 2 heterocycles. The van der Waals surface area contributed by atoms with E-state index in [-0.39, 0.29) is 11.7 Å². The summed E-state index contributed by atoms with van der Waals surface area (Å²) in [4.78, 5) is 14.5. The molecule has 3 nitrogen and oxygen atoms in total. The highest BCUT2D eigenvalue weighted by Gasteiger charge is 2.26. The first kappa shape index (κ1) is 14.0. The van der Waals surface area contributed by atoms with Gasteiger partial charge >= 0.3 is 0 Å². The van der Waals surface area contributed by atoms with Gasteiger partial charge in [0, 0.05) is 54.3 Å².